The minimum atomic E-state index is -0.422. The maximum Gasteiger partial charge on any atom is 0.353 e. The second-order valence-electron chi connectivity index (χ2n) is 6.18. The molecule has 2 atom stereocenters. The molecule has 1 aromatic rings. The van der Waals surface area contributed by atoms with E-state index in [2.05, 4.69) is 4.99 Å². The Balaban J connectivity index is 2.10. The molecule has 0 radical (unpaired) electrons. The lowest BCUT2D eigenvalue weighted by atomic mass is 9.76. The summed E-state index contributed by atoms with van der Waals surface area (Å²) in [5.74, 6) is -1.47. The minimum Gasteiger partial charge on any atom is -0.460 e. The topological polar surface area (TPSA) is 65.0 Å². The smallest absolute Gasteiger partial charge is 0.353 e. The number of cyclic esters (lactones) is 1. The number of aliphatic imine (C=N–C) groups is 1. The molecule has 6 heteroatoms. The number of esters is 2. The largest absolute Gasteiger partial charge is 0.460 e. The van der Waals surface area contributed by atoms with Crippen molar-refractivity contribution in [3.63, 3.8) is 0 Å². The Labute approximate surface area is 145 Å². The average molecular weight is 348 g/mol. The van der Waals surface area contributed by atoms with E-state index in [1.807, 2.05) is 12.1 Å². The van der Waals surface area contributed by atoms with Crippen LogP contribution in [0.15, 0.2) is 40.5 Å². The molecule has 2 aliphatic heterocycles. The zero-order valence-electron chi connectivity index (χ0n) is 13.7. The molecule has 0 aliphatic carbocycles. The van der Waals surface area contributed by atoms with Crippen LogP contribution in [-0.4, -0.2) is 30.4 Å². The first-order valence-electron chi connectivity index (χ1n) is 7.81. The van der Waals surface area contributed by atoms with Gasteiger partial charge in [0.05, 0.1) is 17.6 Å². The van der Waals surface area contributed by atoms with Crippen molar-refractivity contribution in [1.29, 1.82) is 0 Å². The number of carbonyl (C=O) groups is 2. The van der Waals surface area contributed by atoms with Gasteiger partial charge in [0.25, 0.3) is 0 Å². The molecule has 126 valence electrons. The lowest BCUT2D eigenvalue weighted by Gasteiger charge is -2.29. The predicted molar refractivity (Wildman–Crippen MR) is 90.0 cm³/mol. The van der Waals surface area contributed by atoms with Gasteiger partial charge in [0.2, 0.25) is 0 Å². The standard InChI is InChI=1S/C18H18ClNO4/c1-9(2)24-17(21)14-10(3)20-16-13(8-23-18(16)22)15(14)11-4-6-12(19)7-5-11/h4-7,9,13,15H,8H2,1-3H3. The Bertz CT molecular complexity index is 749. The highest BCUT2D eigenvalue weighted by atomic mass is 35.5. The van der Waals surface area contributed by atoms with Gasteiger partial charge in [-0.1, -0.05) is 23.7 Å². The zero-order chi connectivity index (χ0) is 17.4. The van der Waals surface area contributed by atoms with E-state index in [9.17, 15) is 9.59 Å². The summed E-state index contributed by atoms with van der Waals surface area (Å²) in [7, 11) is 0. The number of fused-ring (bicyclic) bond motifs is 1. The molecule has 1 fully saturated rings. The molecule has 2 heterocycles. The Hall–Kier alpha value is -2.14. The monoisotopic (exact) mass is 347 g/mol. The summed E-state index contributed by atoms with van der Waals surface area (Å²) in [6.45, 7) is 5.51. The molecule has 3 rings (SSSR count). The summed E-state index contributed by atoms with van der Waals surface area (Å²) in [5, 5.41) is 0.606. The third-order valence-corrected chi connectivity index (χ3v) is 4.39. The Morgan fingerprint density at radius 1 is 1.33 bits per heavy atom. The summed E-state index contributed by atoms with van der Waals surface area (Å²) in [5.41, 5.74) is 2.21. The highest BCUT2D eigenvalue weighted by molar-refractivity contribution is 6.39. The Morgan fingerprint density at radius 3 is 2.62 bits per heavy atom. The molecule has 0 aromatic heterocycles. The average Bonchev–Trinajstić information content (AvgIpc) is 2.87. The van der Waals surface area contributed by atoms with Crippen molar-refractivity contribution in [3.8, 4) is 0 Å². The SMILES string of the molecule is CC1=C(C(=O)OC(C)C)C(c2ccc(Cl)cc2)C2COC(=O)C2=N1. The number of benzene rings is 1. The number of hydrogen-bond donors (Lipinski definition) is 0. The van der Waals surface area contributed by atoms with Crippen LogP contribution in [0.4, 0.5) is 0 Å². The molecule has 5 nitrogen and oxygen atoms in total. The number of hydrogen-bond acceptors (Lipinski definition) is 5. The molecular formula is C18H18ClNO4. The molecule has 2 aliphatic rings. The maximum absolute atomic E-state index is 12.6. The van der Waals surface area contributed by atoms with Crippen LogP contribution < -0.4 is 0 Å². The molecule has 0 saturated carbocycles. The third-order valence-electron chi connectivity index (χ3n) is 4.14. The van der Waals surface area contributed by atoms with Crippen LogP contribution in [-0.2, 0) is 19.1 Å². The number of allylic oxidation sites excluding steroid dienone is 1. The maximum atomic E-state index is 12.6. The van der Waals surface area contributed by atoms with E-state index in [0.29, 0.717) is 22.0 Å². The van der Waals surface area contributed by atoms with Gasteiger partial charge in [-0.25, -0.2) is 14.6 Å². The highest BCUT2D eigenvalue weighted by Crippen LogP contribution is 2.42. The van der Waals surface area contributed by atoms with E-state index in [0.717, 1.165) is 5.56 Å². The van der Waals surface area contributed by atoms with Gasteiger partial charge in [-0.05, 0) is 38.5 Å². The summed E-state index contributed by atoms with van der Waals surface area (Å²) in [6.07, 6.45) is -0.240. The van der Waals surface area contributed by atoms with Crippen LogP contribution in [0.25, 0.3) is 0 Å². The molecule has 0 N–H and O–H groups in total. The molecule has 0 bridgehead atoms. The third kappa shape index (κ3) is 2.96. The van der Waals surface area contributed by atoms with Crippen molar-refractivity contribution in [2.24, 2.45) is 10.9 Å². The van der Waals surface area contributed by atoms with Crippen LogP contribution in [0.2, 0.25) is 5.02 Å². The van der Waals surface area contributed by atoms with Crippen LogP contribution in [0.3, 0.4) is 0 Å². The zero-order valence-corrected chi connectivity index (χ0v) is 14.5. The van der Waals surface area contributed by atoms with Crippen molar-refractivity contribution < 1.29 is 19.1 Å². The van der Waals surface area contributed by atoms with Crippen LogP contribution in [0, 0.1) is 5.92 Å². The number of ether oxygens (including phenoxy) is 2. The second kappa shape index (κ2) is 6.40. The second-order valence-corrected chi connectivity index (χ2v) is 6.62. The quantitative estimate of drug-likeness (QED) is 0.787. The number of rotatable bonds is 3. The molecule has 1 aromatic carbocycles. The first-order chi connectivity index (χ1) is 11.4. The number of nitrogens with zero attached hydrogens (tertiary/aromatic N) is 1. The minimum absolute atomic E-state index is 0.205. The summed E-state index contributed by atoms with van der Waals surface area (Å²) in [4.78, 5) is 28.9. The van der Waals surface area contributed by atoms with Gasteiger partial charge in [0, 0.05) is 16.6 Å². The van der Waals surface area contributed by atoms with Gasteiger partial charge in [-0.3, -0.25) is 0 Å². The van der Waals surface area contributed by atoms with Crippen molar-refractivity contribution in [2.45, 2.75) is 32.8 Å². The van der Waals surface area contributed by atoms with Crippen LogP contribution in [0.1, 0.15) is 32.3 Å². The first kappa shape index (κ1) is 16.7. The van der Waals surface area contributed by atoms with Gasteiger partial charge in [-0.15, -0.1) is 0 Å². The molecule has 24 heavy (non-hydrogen) atoms. The molecule has 0 amide bonds. The van der Waals surface area contributed by atoms with Gasteiger partial charge in [-0.2, -0.15) is 0 Å². The van der Waals surface area contributed by atoms with E-state index in [4.69, 9.17) is 21.1 Å². The van der Waals surface area contributed by atoms with Gasteiger partial charge < -0.3 is 9.47 Å². The number of halogens is 1. The highest BCUT2D eigenvalue weighted by Gasteiger charge is 2.45. The van der Waals surface area contributed by atoms with Crippen molar-refractivity contribution in [1.82, 2.24) is 0 Å². The lowest BCUT2D eigenvalue weighted by Crippen LogP contribution is -2.32. The van der Waals surface area contributed by atoms with E-state index in [1.165, 1.54) is 0 Å². The van der Waals surface area contributed by atoms with Crippen LogP contribution in [0.5, 0.6) is 0 Å². The normalized spacial score (nSPS) is 23.0. The van der Waals surface area contributed by atoms with Crippen LogP contribution >= 0.6 is 11.6 Å². The summed E-state index contributed by atoms with van der Waals surface area (Å²) < 4.78 is 10.6. The fourth-order valence-corrected chi connectivity index (χ4v) is 3.27. The summed E-state index contributed by atoms with van der Waals surface area (Å²) >= 11 is 5.98. The molecule has 2 unspecified atom stereocenters. The summed E-state index contributed by atoms with van der Waals surface area (Å²) in [6, 6.07) is 7.24. The fraction of sp³-hybridized carbons (Fsp3) is 0.389. The van der Waals surface area contributed by atoms with E-state index in [-0.39, 0.29) is 24.5 Å². The lowest BCUT2D eigenvalue weighted by molar-refractivity contribution is -0.143. The number of carbonyl (C=O) groups excluding carboxylic acids is 2. The van der Waals surface area contributed by atoms with E-state index < -0.39 is 11.9 Å². The molecule has 1 saturated heterocycles. The van der Waals surface area contributed by atoms with E-state index >= 15 is 0 Å². The van der Waals surface area contributed by atoms with Gasteiger partial charge in [0.1, 0.15) is 12.3 Å². The first-order valence-corrected chi connectivity index (χ1v) is 8.19. The van der Waals surface area contributed by atoms with E-state index in [1.54, 1.807) is 32.9 Å². The van der Waals surface area contributed by atoms with Crippen molar-refractivity contribution in [3.05, 3.63) is 46.1 Å². The van der Waals surface area contributed by atoms with Gasteiger partial charge in [0.15, 0.2) is 0 Å². The van der Waals surface area contributed by atoms with Crippen molar-refractivity contribution in [2.75, 3.05) is 6.61 Å². The Morgan fingerprint density at radius 2 is 2.00 bits per heavy atom. The predicted octanol–water partition coefficient (Wildman–Crippen LogP) is 3.28. The molecular weight excluding hydrogens is 330 g/mol. The van der Waals surface area contributed by atoms with Crippen molar-refractivity contribution >= 4 is 29.3 Å². The Kier molecular flexibility index (Phi) is 4.45. The van der Waals surface area contributed by atoms with Gasteiger partial charge >= 0.3 is 11.9 Å². The molecule has 0 spiro atoms. The fourth-order valence-electron chi connectivity index (χ4n) is 3.14.